The first-order chi connectivity index (χ1) is 6.63. The van der Waals surface area contributed by atoms with Gasteiger partial charge in [0, 0.05) is 0 Å². The van der Waals surface area contributed by atoms with E-state index in [1.165, 1.54) is 18.4 Å². The molecular weight excluding hydrogens is 172 g/mol. The van der Waals surface area contributed by atoms with Crippen LogP contribution in [0.15, 0.2) is 11.6 Å². The molecule has 0 heterocycles. The molecule has 0 aromatic heterocycles. The van der Waals surface area contributed by atoms with Crippen LogP contribution in [0.25, 0.3) is 0 Å². The highest BCUT2D eigenvalue weighted by Crippen LogP contribution is 2.31. The molecule has 0 bridgehead atoms. The Morgan fingerprint density at radius 2 is 2.29 bits per heavy atom. The Hall–Kier alpha value is -0.300. The summed E-state index contributed by atoms with van der Waals surface area (Å²) in [5, 5.41) is 10.0. The van der Waals surface area contributed by atoms with Crippen molar-refractivity contribution in [1.82, 2.24) is 0 Å². The van der Waals surface area contributed by atoms with Gasteiger partial charge in [-0.1, -0.05) is 38.3 Å². The third kappa shape index (κ3) is 3.45. The van der Waals surface area contributed by atoms with Crippen molar-refractivity contribution in [1.29, 1.82) is 0 Å². The quantitative estimate of drug-likeness (QED) is 0.682. The van der Waals surface area contributed by atoms with Crippen molar-refractivity contribution in [3.8, 4) is 0 Å². The molecule has 1 aliphatic carbocycles. The summed E-state index contributed by atoms with van der Waals surface area (Å²) in [6.07, 6.45) is 7.89. The normalized spacial score (nSPS) is 29.9. The summed E-state index contributed by atoms with van der Waals surface area (Å²) >= 11 is 0. The average Bonchev–Trinajstić information content (AvgIpc) is 2.12. The van der Waals surface area contributed by atoms with Gasteiger partial charge in [-0.15, -0.1) is 0 Å². The van der Waals surface area contributed by atoms with Gasteiger partial charge < -0.3 is 5.11 Å². The molecule has 1 heteroatoms. The van der Waals surface area contributed by atoms with E-state index in [4.69, 9.17) is 0 Å². The highest BCUT2D eigenvalue weighted by molar-refractivity contribution is 5.07. The number of hydrogen-bond donors (Lipinski definition) is 1. The summed E-state index contributed by atoms with van der Waals surface area (Å²) in [5.74, 6) is 1.17. The molecular formula is C13H24O. The van der Waals surface area contributed by atoms with Crippen LogP contribution in [0.5, 0.6) is 0 Å². The van der Waals surface area contributed by atoms with E-state index < -0.39 is 0 Å². The number of aliphatic hydroxyl groups is 1. The first-order valence-electron chi connectivity index (χ1n) is 5.98. The number of allylic oxidation sites excluding steroid dienone is 2. The second-order valence-corrected chi connectivity index (χ2v) is 4.90. The minimum absolute atomic E-state index is 0.0685. The first kappa shape index (κ1) is 11.8. The largest absolute Gasteiger partial charge is 0.393 e. The zero-order valence-corrected chi connectivity index (χ0v) is 9.79. The summed E-state index contributed by atoms with van der Waals surface area (Å²) in [6.45, 7) is 6.62. The lowest BCUT2D eigenvalue weighted by Gasteiger charge is -2.29. The molecule has 14 heavy (non-hydrogen) atoms. The van der Waals surface area contributed by atoms with Crippen molar-refractivity contribution in [2.75, 3.05) is 0 Å². The maximum absolute atomic E-state index is 10.0. The van der Waals surface area contributed by atoms with Crippen LogP contribution < -0.4 is 0 Å². The van der Waals surface area contributed by atoms with Crippen molar-refractivity contribution < 1.29 is 5.11 Å². The van der Waals surface area contributed by atoms with Crippen LogP contribution in [0, 0.1) is 11.8 Å². The predicted octanol–water partition coefficient (Wildman–Crippen LogP) is 3.53. The van der Waals surface area contributed by atoms with E-state index in [0.29, 0.717) is 11.8 Å². The van der Waals surface area contributed by atoms with Crippen molar-refractivity contribution >= 4 is 0 Å². The summed E-state index contributed by atoms with van der Waals surface area (Å²) in [4.78, 5) is 0. The van der Waals surface area contributed by atoms with Crippen LogP contribution in [0.3, 0.4) is 0 Å². The Morgan fingerprint density at radius 3 is 2.86 bits per heavy atom. The van der Waals surface area contributed by atoms with Gasteiger partial charge in [0.05, 0.1) is 6.10 Å². The fourth-order valence-corrected chi connectivity index (χ4v) is 2.54. The minimum Gasteiger partial charge on any atom is -0.393 e. The number of rotatable bonds is 4. The molecule has 82 valence electrons. The van der Waals surface area contributed by atoms with Gasteiger partial charge in [0.2, 0.25) is 0 Å². The van der Waals surface area contributed by atoms with E-state index in [-0.39, 0.29) is 6.10 Å². The minimum atomic E-state index is -0.0685. The van der Waals surface area contributed by atoms with Crippen LogP contribution >= 0.6 is 0 Å². The van der Waals surface area contributed by atoms with Crippen LogP contribution in [0.2, 0.25) is 0 Å². The molecule has 0 saturated carbocycles. The average molecular weight is 196 g/mol. The lowest BCUT2D eigenvalue weighted by Crippen LogP contribution is -2.25. The zero-order valence-electron chi connectivity index (χ0n) is 9.79. The SMILES string of the molecule is CCCCC(O)C1CC(C)=CC(C)C1. The lowest BCUT2D eigenvalue weighted by atomic mass is 9.79. The van der Waals surface area contributed by atoms with Gasteiger partial charge >= 0.3 is 0 Å². The highest BCUT2D eigenvalue weighted by atomic mass is 16.3. The molecule has 3 unspecified atom stereocenters. The molecule has 0 radical (unpaired) electrons. The molecule has 1 nitrogen and oxygen atoms in total. The van der Waals surface area contributed by atoms with Crippen molar-refractivity contribution in [2.24, 2.45) is 11.8 Å². The molecule has 3 atom stereocenters. The second-order valence-electron chi connectivity index (χ2n) is 4.90. The highest BCUT2D eigenvalue weighted by Gasteiger charge is 2.24. The Labute approximate surface area is 88.2 Å². The molecule has 1 aliphatic rings. The molecule has 0 fully saturated rings. The van der Waals surface area contributed by atoms with Crippen molar-refractivity contribution in [2.45, 2.75) is 59.0 Å². The predicted molar refractivity (Wildman–Crippen MR) is 61.2 cm³/mol. The molecule has 0 aliphatic heterocycles. The molecule has 0 saturated heterocycles. The van der Waals surface area contributed by atoms with E-state index in [2.05, 4.69) is 26.8 Å². The topological polar surface area (TPSA) is 20.2 Å². The molecule has 0 spiro atoms. The fraction of sp³-hybridized carbons (Fsp3) is 0.846. The zero-order chi connectivity index (χ0) is 10.6. The molecule has 1 rings (SSSR count). The van der Waals surface area contributed by atoms with E-state index in [1.54, 1.807) is 0 Å². The Morgan fingerprint density at radius 1 is 1.57 bits per heavy atom. The Balaban J connectivity index is 2.41. The van der Waals surface area contributed by atoms with Crippen LogP contribution in [-0.4, -0.2) is 11.2 Å². The summed E-state index contributed by atoms with van der Waals surface area (Å²) < 4.78 is 0. The number of unbranched alkanes of at least 4 members (excludes halogenated alkanes) is 1. The maximum atomic E-state index is 10.0. The van der Waals surface area contributed by atoms with Crippen molar-refractivity contribution in [3.63, 3.8) is 0 Å². The van der Waals surface area contributed by atoms with Gasteiger partial charge in [0.25, 0.3) is 0 Å². The third-order valence-corrected chi connectivity index (χ3v) is 3.23. The standard InChI is InChI=1S/C13H24O/c1-4-5-6-13(14)12-8-10(2)7-11(3)9-12/h7,10,12-14H,4-6,8-9H2,1-3H3. The first-order valence-corrected chi connectivity index (χ1v) is 5.98. The molecule has 0 aromatic carbocycles. The Kier molecular flexibility index (Phi) is 4.67. The maximum Gasteiger partial charge on any atom is 0.0571 e. The van der Waals surface area contributed by atoms with Crippen LogP contribution in [-0.2, 0) is 0 Å². The van der Waals surface area contributed by atoms with Crippen LogP contribution in [0.1, 0.15) is 52.9 Å². The smallest absolute Gasteiger partial charge is 0.0571 e. The molecule has 0 aromatic rings. The third-order valence-electron chi connectivity index (χ3n) is 3.23. The molecule has 0 amide bonds. The summed E-state index contributed by atoms with van der Waals surface area (Å²) in [7, 11) is 0. The van der Waals surface area contributed by atoms with Gasteiger partial charge in [0.15, 0.2) is 0 Å². The van der Waals surface area contributed by atoms with Crippen LogP contribution in [0.4, 0.5) is 0 Å². The van der Waals surface area contributed by atoms with Gasteiger partial charge in [-0.25, -0.2) is 0 Å². The number of aliphatic hydroxyl groups excluding tert-OH is 1. The Bertz CT molecular complexity index is 195. The van der Waals surface area contributed by atoms with E-state index in [0.717, 1.165) is 19.3 Å². The second kappa shape index (κ2) is 5.55. The summed E-state index contributed by atoms with van der Waals surface area (Å²) in [6, 6.07) is 0. The van der Waals surface area contributed by atoms with Crippen molar-refractivity contribution in [3.05, 3.63) is 11.6 Å². The lowest BCUT2D eigenvalue weighted by molar-refractivity contribution is 0.0829. The number of hydrogen-bond acceptors (Lipinski definition) is 1. The fourth-order valence-electron chi connectivity index (χ4n) is 2.54. The van der Waals surface area contributed by atoms with E-state index in [1.807, 2.05) is 0 Å². The van der Waals surface area contributed by atoms with Gasteiger partial charge in [0.1, 0.15) is 0 Å². The van der Waals surface area contributed by atoms with E-state index in [9.17, 15) is 5.11 Å². The van der Waals surface area contributed by atoms with Gasteiger partial charge in [-0.2, -0.15) is 0 Å². The monoisotopic (exact) mass is 196 g/mol. The van der Waals surface area contributed by atoms with Gasteiger partial charge in [-0.05, 0) is 38.0 Å². The van der Waals surface area contributed by atoms with E-state index >= 15 is 0 Å². The summed E-state index contributed by atoms with van der Waals surface area (Å²) in [5.41, 5.74) is 1.46. The molecule has 1 N–H and O–H groups in total. The van der Waals surface area contributed by atoms with Gasteiger partial charge in [-0.3, -0.25) is 0 Å².